The van der Waals surface area contributed by atoms with Gasteiger partial charge in [-0.3, -0.25) is 4.79 Å². The lowest BCUT2D eigenvalue weighted by atomic mass is 10.1. The fourth-order valence-electron chi connectivity index (χ4n) is 2.73. The molecule has 0 fully saturated rings. The Kier molecular flexibility index (Phi) is 4.79. The molecular formula is C16H18N4O5S. The highest BCUT2D eigenvalue weighted by Gasteiger charge is 2.32. The number of rotatable bonds is 5. The molecule has 0 saturated heterocycles. The molecule has 2 N–H and O–H groups in total. The molecule has 26 heavy (non-hydrogen) atoms. The Bertz CT molecular complexity index is 961. The van der Waals surface area contributed by atoms with Gasteiger partial charge in [0.15, 0.2) is 0 Å². The number of carbonyl (C=O) groups is 1. The molecule has 138 valence electrons. The van der Waals surface area contributed by atoms with E-state index in [9.17, 15) is 13.2 Å². The number of nitrogens with zero attached hydrogens (tertiary/aromatic N) is 3. The number of amides is 1. The van der Waals surface area contributed by atoms with Gasteiger partial charge < -0.3 is 15.2 Å². The van der Waals surface area contributed by atoms with Crippen molar-refractivity contribution in [3.05, 3.63) is 41.5 Å². The molecule has 0 saturated carbocycles. The Balaban J connectivity index is 1.97. The minimum atomic E-state index is -3.83. The predicted octanol–water partition coefficient (Wildman–Crippen LogP) is 0.340. The number of hydrogen-bond donors (Lipinski definition) is 1. The molecule has 2 aromatic rings. The largest absolute Gasteiger partial charge is 0.497 e. The van der Waals surface area contributed by atoms with Gasteiger partial charge in [-0.15, -0.1) is 0 Å². The number of nitrogens with two attached hydrogens (primary N) is 1. The van der Waals surface area contributed by atoms with E-state index in [1.165, 1.54) is 36.9 Å². The van der Waals surface area contributed by atoms with Gasteiger partial charge in [-0.05, 0) is 24.1 Å². The molecule has 0 aliphatic carbocycles. The molecule has 1 amide bonds. The zero-order valence-electron chi connectivity index (χ0n) is 14.3. The highest BCUT2D eigenvalue weighted by molar-refractivity contribution is 7.89. The normalized spacial score (nSPS) is 14.5. The van der Waals surface area contributed by atoms with Crippen LogP contribution in [-0.2, 0) is 23.0 Å². The topological polar surface area (TPSA) is 125 Å². The number of sulfonamides is 1. The van der Waals surface area contributed by atoms with E-state index >= 15 is 0 Å². The number of primary amides is 1. The highest BCUT2D eigenvalue weighted by atomic mass is 32.2. The van der Waals surface area contributed by atoms with Crippen molar-refractivity contribution in [2.75, 3.05) is 20.8 Å². The van der Waals surface area contributed by atoms with Crippen LogP contribution in [0.3, 0.4) is 0 Å². The van der Waals surface area contributed by atoms with E-state index in [0.29, 0.717) is 17.9 Å². The third kappa shape index (κ3) is 3.20. The molecule has 0 radical (unpaired) electrons. The van der Waals surface area contributed by atoms with Crippen molar-refractivity contribution in [2.24, 2.45) is 5.73 Å². The highest BCUT2D eigenvalue weighted by Crippen LogP contribution is 2.32. The average Bonchev–Trinajstić information content (AvgIpc) is 2.66. The van der Waals surface area contributed by atoms with Crippen molar-refractivity contribution in [1.29, 1.82) is 0 Å². The maximum atomic E-state index is 13.1. The van der Waals surface area contributed by atoms with Gasteiger partial charge in [0.25, 0.3) is 5.91 Å². The lowest BCUT2D eigenvalue weighted by Crippen LogP contribution is -2.37. The van der Waals surface area contributed by atoms with Crippen LogP contribution in [0.1, 0.15) is 21.9 Å². The monoisotopic (exact) mass is 378 g/mol. The van der Waals surface area contributed by atoms with Crippen LogP contribution in [0.5, 0.6) is 11.5 Å². The van der Waals surface area contributed by atoms with Crippen molar-refractivity contribution >= 4 is 15.9 Å². The SMILES string of the molecule is COc1ccc(S(=O)(=O)N2CCc3cnc(C(N)=O)nc3C2)c(OC)c1. The minimum absolute atomic E-state index is 0.0235. The zero-order chi connectivity index (χ0) is 18.9. The number of fused-ring (bicyclic) bond motifs is 1. The zero-order valence-corrected chi connectivity index (χ0v) is 15.1. The van der Waals surface area contributed by atoms with Crippen LogP contribution in [0, 0.1) is 0 Å². The Morgan fingerprint density at radius 2 is 2.04 bits per heavy atom. The van der Waals surface area contributed by atoms with E-state index in [4.69, 9.17) is 15.2 Å². The Morgan fingerprint density at radius 3 is 2.69 bits per heavy atom. The Labute approximate surface area is 150 Å². The smallest absolute Gasteiger partial charge is 0.286 e. The van der Waals surface area contributed by atoms with Gasteiger partial charge in [-0.1, -0.05) is 0 Å². The molecule has 3 rings (SSSR count). The summed E-state index contributed by atoms with van der Waals surface area (Å²) in [5.41, 5.74) is 6.46. The van der Waals surface area contributed by atoms with E-state index in [1.54, 1.807) is 6.07 Å². The second-order valence-corrected chi connectivity index (χ2v) is 7.54. The minimum Gasteiger partial charge on any atom is -0.497 e. The van der Waals surface area contributed by atoms with Crippen LogP contribution in [0.2, 0.25) is 0 Å². The lowest BCUT2D eigenvalue weighted by Gasteiger charge is -2.27. The van der Waals surface area contributed by atoms with Crippen molar-refractivity contribution in [1.82, 2.24) is 14.3 Å². The number of methoxy groups -OCH3 is 2. The first-order chi connectivity index (χ1) is 12.4. The molecule has 10 heteroatoms. The molecule has 2 heterocycles. The summed E-state index contributed by atoms with van der Waals surface area (Å²) in [7, 11) is -0.948. The van der Waals surface area contributed by atoms with Gasteiger partial charge in [0.1, 0.15) is 16.4 Å². The van der Waals surface area contributed by atoms with Gasteiger partial charge in [-0.2, -0.15) is 4.31 Å². The predicted molar refractivity (Wildman–Crippen MR) is 91.4 cm³/mol. The van der Waals surface area contributed by atoms with Gasteiger partial charge >= 0.3 is 0 Å². The Morgan fingerprint density at radius 1 is 1.27 bits per heavy atom. The quantitative estimate of drug-likeness (QED) is 0.795. The molecule has 1 aliphatic rings. The van der Waals surface area contributed by atoms with E-state index in [-0.39, 0.29) is 29.6 Å². The molecule has 1 aliphatic heterocycles. The third-order valence-electron chi connectivity index (χ3n) is 4.12. The molecule has 0 bridgehead atoms. The van der Waals surface area contributed by atoms with Crippen LogP contribution >= 0.6 is 0 Å². The summed E-state index contributed by atoms with van der Waals surface area (Å²) >= 11 is 0. The van der Waals surface area contributed by atoms with Crippen molar-refractivity contribution in [3.8, 4) is 11.5 Å². The van der Waals surface area contributed by atoms with Crippen LogP contribution < -0.4 is 15.2 Å². The van der Waals surface area contributed by atoms with E-state index in [2.05, 4.69) is 9.97 Å². The second-order valence-electron chi connectivity index (χ2n) is 5.64. The maximum Gasteiger partial charge on any atom is 0.286 e. The van der Waals surface area contributed by atoms with E-state index in [1.807, 2.05) is 0 Å². The first kappa shape index (κ1) is 18.1. The van der Waals surface area contributed by atoms with E-state index < -0.39 is 15.9 Å². The lowest BCUT2D eigenvalue weighted by molar-refractivity contribution is 0.0990. The fourth-order valence-corrected chi connectivity index (χ4v) is 4.27. The fraction of sp³-hybridized carbons (Fsp3) is 0.312. The molecule has 0 spiro atoms. The summed E-state index contributed by atoms with van der Waals surface area (Å²) in [6.07, 6.45) is 1.95. The molecule has 0 atom stereocenters. The number of aromatic nitrogens is 2. The van der Waals surface area contributed by atoms with Crippen LogP contribution in [0.15, 0.2) is 29.3 Å². The summed E-state index contributed by atoms with van der Waals surface area (Å²) in [6, 6.07) is 4.51. The second kappa shape index (κ2) is 6.89. The van der Waals surface area contributed by atoms with E-state index in [0.717, 1.165) is 5.56 Å². The number of hydrogen-bond acceptors (Lipinski definition) is 7. The molecule has 0 unspecified atom stereocenters. The Hall–Kier alpha value is -2.72. The van der Waals surface area contributed by atoms with Crippen molar-refractivity contribution in [2.45, 2.75) is 17.9 Å². The maximum absolute atomic E-state index is 13.1. The summed E-state index contributed by atoms with van der Waals surface area (Å²) < 4.78 is 37.7. The molecular weight excluding hydrogens is 360 g/mol. The van der Waals surface area contributed by atoms with Gasteiger partial charge in [-0.25, -0.2) is 18.4 Å². The first-order valence-corrected chi connectivity index (χ1v) is 9.17. The van der Waals surface area contributed by atoms with Gasteiger partial charge in [0.05, 0.1) is 26.5 Å². The van der Waals surface area contributed by atoms with Crippen LogP contribution in [-0.4, -0.2) is 49.4 Å². The first-order valence-electron chi connectivity index (χ1n) is 7.73. The van der Waals surface area contributed by atoms with Gasteiger partial charge in [0.2, 0.25) is 15.8 Å². The summed E-state index contributed by atoms with van der Waals surface area (Å²) in [6.45, 7) is 0.291. The van der Waals surface area contributed by atoms with Crippen LogP contribution in [0.25, 0.3) is 0 Å². The van der Waals surface area contributed by atoms with Crippen molar-refractivity contribution < 1.29 is 22.7 Å². The molecule has 9 nitrogen and oxygen atoms in total. The number of carbonyl (C=O) groups excluding carboxylic acids is 1. The number of benzene rings is 1. The molecule has 1 aromatic heterocycles. The summed E-state index contributed by atoms with van der Waals surface area (Å²) in [4.78, 5) is 19.3. The third-order valence-corrected chi connectivity index (χ3v) is 6.00. The van der Waals surface area contributed by atoms with Gasteiger partial charge in [0, 0.05) is 18.8 Å². The average molecular weight is 378 g/mol. The number of ether oxygens (including phenoxy) is 2. The molecule has 1 aromatic carbocycles. The summed E-state index contributed by atoms with van der Waals surface area (Å²) in [5, 5.41) is 0. The summed E-state index contributed by atoms with van der Waals surface area (Å²) in [5.74, 6) is -0.214. The van der Waals surface area contributed by atoms with Crippen LogP contribution in [0.4, 0.5) is 0 Å². The van der Waals surface area contributed by atoms with Crippen molar-refractivity contribution in [3.63, 3.8) is 0 Å². The standard InChI is InChI=1S/C16H18N4O5S/c1-24-11-3-4-14(13(7-11)25-2)26(22,23)20-6-5-10-8-18-16(15(17)21)19-12(10)9-20/h3-4,7-8H,5-6,9H2,1-2H3,(H2,17,21).